The summed E-state index contributed by atoms with van der Waals surface area (Å²) < 4.78 is 0. The van der Waals surface area contributed by atoms with Crippen LogP contribution in [0.5, 0.6) is 0 Å². The van der Waals surface area contributed by atoms with Gasteiger partial charge in [-0.1, -0.05) is 128 Å². The Labute approximate surface area is 330 Å². The predicted molar refractivity (Wildman–Crippen MR) is 231 cm³/mol. The van der Waals surface area contributed by atoms with E-state index in [1.807, 2.05) is 96.3 Å². The lowest BCUT2D eigenvalue weighted by atomic mass is 9.96. The van der Waals surface area contributed by atoms with Crippen molar-refractivity contribution in [3.8, 4) is 0 Å². The van der Waals surface area contributed by atoms with Crippen LogP contribution in [-0.2, 0) is 24.3 Å². The number of nitrogens with one attached hydrogen (secondary N) is 2. The molecule has 0 radical (unpaired) electrons. The normalized spacial score (nSPS) is 13.1. The third-order valence-corrected chi connectivity index (χ3v) is 11.3. The number of aliphatic hydroxyl groups excluding tert-OH is 2. The van der Waals surface area contributed by atoms with Gasteiger partial charge in [-0.25, -0.2) is 0 Å². The molecule has 0 amide bonds. The fourth-order valence-corrected chi connectivity index (χ4v) is 7.47. The van der Waals surface area contributed by atoms with Crippen LogP contribution in [0.2, 0.25) is 0 Å². The number of aliphatic hydroxyl groups is 2. The standard InChI is InChI=1S/C24H27NOS.C23H26N2OS/c1-19(16-20-8-4-2-5-9-20)24(26)17-25-22-12-14-23(15-13-22)27-18-21-10-6-3-7-11-21;24-22(15-18-7-3-1-4-8-18)23(26)16-25-20-11-13-21(14-12-20)27-17-19-9-5-2-6-10-19/h2-15,19,24-26H,16-18H2,1H3;1-14,22-23,25-26H,15-17,24H2/t19-,24-;22-,23-/m00/s1. The van der Waals surface area contributed by atoms with Gasteiger partial charge >= 0.3 is 0 Å². The van der Waals surface area contributed by atoms with Crippen molar-refractivity contribution in [3.05, 3.63) is 192 Å². The maximum atomic E-state index is 10.4. The third-order valence-electron chi connectivity index (χ3n) is 9.10. The molecule has 0 saturated heterocycles. The average molecular weight is 756 g/mol. The zero-order valence-electron chi connectivity index (χ0n) is 31.0. The first-order chi connectivity index (χ1) is 26.4. The summed E-state index contributed by atoms with van der Waals surface area (Å²) in [5.74, 6) is 2.14. The summed E-state index contributed by atoms with van der Waals surface area (Å²) in [5, 5.41) is 27.4. The molecule has 0 bridgehead atoms. The molecule has 280 valence electrons. The van der Waals surface area contributed by atoms with Gasteiger partial charge in [0.1, 0.15) is 0 Å². The fourth-order valence-electron chi connectivity index (χ4n) is 5.76. The van der Waals surface area contributed by atoms with Gasteiger partial charge in [0.2, 0.25) is 0 Å². The molecule has 0 spiro atoms. The van der Waals surface area contributed by atoms with Gasteiger partial charge in [0.15, 0.2) is 0 Å². The van der Waals surface area contributed by atoms with Gasteiger partial charge < -0.3 is 26.6 Å². The minimum atomic E-state index is -0.600. The van der Waals surface area contributed by atoms with Crippen LogP contribution >= 0.6 is 23.5 Å². The van der Waals surface area contributed by atoms with Crippen molar-refractivity contribution in [1.82, 2.24) is 0 Å². The summed E-state index contributed by atoms with van der Waals surface area (Å²) >= 11 is 3.65. The van der Waals surface area contributed by atoms with Crippen molar-refractivity contribution in [2.75, 3.05) is 23.7 Å². The molecular formula is C47H53N3O2S2. The van der Waals surface area contributed by atoms with Crippen LogP contribution in [0.3, 0.4) is 0 Å². The number of hydrogen-bond acceptors (Lipinski definition) is 7. The van der Waals surface area contributed by atoms with Crippen molar-refractivity contribution in [2.45, 2.75) is 59.3 Å². The monoisotopic (exact) mass is 755 g/mol. The van der Waals surface area contributed by atoms with Crippen molar-refractivity contribution in [3.63, 3.8) is 0 Å². The number of rotatable bonds is 18. The van der Waals surface area contributed by atoms with Crippen LogP contribution < -0.4 is 16.4 Å². The van der Waals surface area contributed by atoms with E-state index in [1.165, 1.54) is 26.5 Å². The van der Waals surface area contributed by atoms with Crippen molar-refractivity contribution < 1.29 is 10.2 Å². The number of thioether (sulfide) groups is 2. The lowest BCUT2D eigenvalue weighted by Crippen LogP contribution is -2.41. The molecule has 0 heterocycles. The molecule has 0 saturated carbocycles. The Bertz CT molecular complexity index is 1720. The summed E-state index contributed by atoms with van der Waals surface area (Å²) in [6, 6.07) is 57.8. The molecule has 0 aliphatic heterocycles. The molecule has 6 rings (SSSR count). The smallest absolute Gasteiger partial charge is 0.0866 e. The van der Waals surface area contributed by atoms with E-state index in [9.17, 15) is 10.2 Å². The minimum absolute atomic E-state index is 0.209. The summed E-state index contributed by atoms with van der Waals surface area (Å²) in [7, 11) is 0. The molecule has 7 heteroatoms. The van der Waals surface area contributed by atoms with Crippen LogP contribution in [0, 0.1) is 5.92 Å². The van der Waals surface area contributed by atoms with Crippen LogP contribution in [0.15, 0.2) is 180 Å². The second-order valence-electron chi connectivity index (χ2n) is 13.5. The largest absolute Gasteiger partial charge is 0.391 e. The van der Waals surface area contributed by atoms with Gasteiger partial charge in [-0.3, -0.25) is 0 Å². The highest BCUT2D eigenvalue weighted by Gasteiger charge is 2.16. The Morgan fingerprint density at radius 3 is 1.22 bits per heavy atom. The van der Waals surface area contributed by atoms with E-state index in [0.717, 1.165) is 34.9 Å². The second-order valence-corrected chi connectivity index (χ2v) is 15.6. The Balaban J connectivity index is 0.000000208. The second kappa shape index (κ2) is 22.7. The number of anilines is 2. The van der Waals surface area contributed by atoms with Crippen LogP contribution in [0.4, 0.5) is 11.4 Å². The van der Waals surface area contributed by atoms with E-state index in [4.69, 9.17) is 5.73 Å². The van der Waals surface area contributed by atoms with Gasteiger partial charge in [-0.15, -0.1) is 23.5 Å². The van der Waals surface area contributed by atoms with Crippen LogP contribution in [-0.4, -0.2) is 41.6 Å². The van der Waals surface area contributed by atoms with E-state index in [2.05, 4.69) is 115 Å². The summed E-state index contributed by atoms with van der Waals surface area (Å²) in [6.07, 6.45) is 0.576. The zero-order valence-corrected chi connectivity index (χ0v) is 32.6. The average Bonchev–Trinajstić information content (AvgIpc) is 3.23. The fraction of sp³-hybridized carbons (Fsp3) is 0.234. The molecule has 6 N–H and O–H groups in total. The SMILES string of the molecule is C[C@@H](Cc1ccccc1)[C@@H](O)CNc1ccc(SCc2ccccc2)cc1.N[C@@H](Cc1ccccc1)[C@@H](O)CNc1ccc(SCc2ccccc2)cc1. The Morgan fingerprint density at radius 1 is 0.463 bits per heavy atom. The molecule has 0 aliphatic carbocycles. The molecule has 0 fully saturated rings. The summed E-state index contributed by atoms with van der Waals surface area (Å²) in [5.41, 5.74) is 13.2. The van der Waals surface area contributed by atoms with Gasteiger partial charge in [0.25, 0.3) is 0 Å². The highest BCUT2D eigenvalue weighted by atomic mass is 32.2. The van der Waals surface area contributed by atoms with Crippen LogP contribution in [0.1, 0.15) is 29.2 Å². The zero-order chi connectivity index (χ0) is 37.8. The van der Waals surface area contributed by atoms with E-state index in [0.29, 0.717) is 19.5 Å². The van der Waals surface area contributed by atoms with E-state index in [-0.39, 0.29) is 18.1 Å². The van der Waals surface area contributed by atoms with Gasteiger partial charge in [-0.2, -0.15) is 0 Å². The van der Waals surface area contributed by atoms with E-state index in [1.54, 1.807) is 0 Å². The molecule has 4 atom stereocenters. The Morgan fingerprint density at radius 2 is 0.815 bits per heavy atom. The van der Waals surface area contributed by atoms with Gasteiger partial charge in [-0.05, 0) is 89.5 Å². The molecule has 6 aromatic carbocycles. The molecule has 5 nitrogen and oxygen atoms in total. The molecule has 0 aromatic heterocycles. The molecule has 54 heavy (non-hydrogen) atoms. The topological polar surface area (TPSA) is 90.5 Å². The van der Waals surface area contributed by atoms with Crippen molar-refractivity contribution in [2.24, 2.45) is 11.7 Å². The molecule has 6 aromatic rings. The summed E-state index contributed by atoms with van der Waals surface area (Å²) in [4.78, 5) is 2.48. The first-order valence-electron chi connectivity index (χ1n) is 18.6. The Hall–Kier alpha value is -4.50. The lowest BCUT2D eigenvalue weighted by molar-refractivity contribution is 0.129. The van der Waals surface area contributed by atoms with Crippen LogP contribution in [0.25, 0.3) is 0 Å². The molecular weight excluding hydrogens is 703 g/mol. The molecule has 0 unspecified atom stereocenters. The first kappa shape index (κ1) is 40.7. The minimum Gasteiger partial charge on any atom is -0.391 e. The number of benzene rings is 6. The van der Waals surface area contributed by atoms with E-state index < -0.39 is 6.10 Å². The first-order valence-corrected chi connectivity index (χ1v) is 20.6. The predicted octanol–water partition coefficient (Wildman–Crippen LogP) is 9.95. The Kier molecular flexibility index (Phi) is 17.1. The number of nitrogens with two attached hydrogens (primary N) is 1. The third kappa shape index (κ3) is 14.7. The van der Waals surface area contributed by atoms with Gasteiger partial charge in [0.05, 0.1) is 12.2 Å². The lowest BCUT2D eigenvalue weighted by Gasteiger charge is -2.20. The summed E-state index contributed by atoms with van der Waals surface area (Å²) in [6.45, 7) is 3.09. The maximum Gasteiger partial charge on any atom is 0.0866 e. The highest BCUT2D eigenvalue weighted by molar-refractivity contribution is 7.98. The highest BCUT2D eigenvalue weighted by Crippen LogP contribution is 2.25. The maximum absolute atomic E-state index is 10.4. The molecule has 0 aliphatic rings. The number of hydrogen-bond donors (Lipinski definition) is 5. The van der Waals surface area contributed by atoms with Crippen molar-refractivity contribution >= 4 is 34.9 Å². The van der Waals surface area contributed by atoms with Gasteiger partial charge in [0, 0.05) is 51.8 Å². The van der Waals surface area contributed by atoms with E-state index >= 15 is 0 Å². The quantitative estimate of drug-likeness (QED) is 0.0558. The van der Waals surface area contributed by atoms with Crippen molar-refractivity contribution in [1.29, 1.82) is 0 Å².